The van der Waals surface area contributed by atoms with E-state index in [1.807, 2.05) is 60.7 Å². The molecule has 1 aliphatic rings. The molecule has 0 aliphatic carbocycles. The Kier molecular flexibility index (Phi) is 5.66. The first-order valence-electron chi connectivity index (χ1n) is 7.38. The van der Waals surface area contributed by atoms with E-state index in [1.54, 1.807) is 23.5 Å². The highest BCUT2D eigenvalue weighted by Gasteiger charge is 2.22. The largest absolute Gasteiger partial charge is 0.450 e. The van der Waals surface area contributed by atoms with Gasteiger partial charge in [-0.05, 0) is 17.7 Å². The summed E-state index contributed by atoms with van der Waals surface area (Å²) in [5.74, 6) is 2.92. The highest BCUT2D eigenvalue weighted by atomic mass is 32.2. The third-order valence-electron chi connectivity index (χ3n) is 3.20. The van der Waals surface area contributed by atoms with Crippen LogP contribution in [0.2, 0.25) is 0 Å². The minimum absolute atomic E-state index is 0.172. The smallest absolute Gasteiger partial charge is 0.289 e. The number of carbonyl (C=O) groups excluding carboxylic acids is 1. The number of amides is 1. The Morgan fingerprint density at radius 3 is 2.22 bits per heavy atom. The van der Waals surface area contributed by atoms with E-state index < -0.39 is 0 Å². The van der Waals surface area contributed by atoms with Gasteiger partial charge in [0.05, 0.1) is 4.24 Å². The normalized spacial score (nSPS) is 13.7. The summed E-state index contributed by atoms with van der Waals surface area (Å²) < 4.78 is 6.83. The maximum atomic E-state index is 12.6. The molecule has 2 aromatic carbocycles. The fourth-order valence-electron chi connectivity index (χ4n) is 2.09. The molecule has 118 valence electrons. The van der Waals surface area contributed by atoms with E-state index in [9.17, 15) is 4.79 Å². The van der Waals surface area contributed by atoms with Crippen molar-refractivity contribution in [2.45, 2.75) is 6.54 Å². The molecule has 5 heteroatoms. The topological polar surface area (TPSA) is 38.3 Å². The molecule has 23 heavy (non-hydrogen) atoms. The van der Waals surface area contributed by atoms with Gasteiger partial charge in [0.1, 0.15) is 5.75 Å². The molecule has 0 spiro atoms. The predicted molar refractivity (Wildman–Crippen MR) is 97.3 cm³/mol. The second kappa shape index (κ2) is 8.13. The summed E-state index contributed by atoms with van der Waals surface area (Å²) in [5.41, 5.74) is 1.07. The van der Waals surface area contributed by atoms with E-state index in [0.717, 1.165) is 21.3 Å². The van der Waals surface area contributed by atoms with Crippen molar-refractivity contribution in [3.05, 3.63) is 76.2 Å². The Balaban J connectivity index is 1.73. The van der Waals surface area contributed by atoms with E-state index in [4.69, 9.17) is 4.74 Å². The average molecular weight is 343 g/mol. The first kappa shape index (κ1) is 16.0. The Bertz CT molecular complexity index is 679. The first-order chi connectivity index (χ1) is 11.3. The van der Waals surface area contributed by atoms with Gasteiger partial charge in [0, 0.05) is 18.1 Å². The van der Waals surface area contributed by atoms with Gasteiger partial charge in [-0.15, -0.1) is 23.5 Å². The van der Waals surface area contributed by atoms with E-state index in [0.29, 0.717) is 18.1 Å². The van der Waals surface area contributed by atoms with Gasteiger partial charge >= 0.3 is 0 Å². The van der Waals surface area contributed by atoms with Crippen molar-refractivity contribution < 1.29 is 9.53 Å². The van der Waals surface area contributed by atoms with Crippen LogP contribution in [-0.2, 0) is 11.3 Å². The predicted octanol–water partition coefficient (Wildman–Crippen LogP) is 4.03. The number of para-hydroxylation sites is 1. The summed E-state index contributed by atoms with van der Waals surface area (Å²) in [7, 11) is 0. The monoisotopic (exact) mass is 343 g/mol. The number of carbonyl (C=O) groups is 1. The Labute approximate surface area is 144 Å². The number of thioether (sulfide) groups is 2. The molecule has 0 unspecified atom stereocenters. The Hall–Kier alpha value is -1.85. The van der Waals surface area contributed by atoms with Crippen molar-refractivity contribution in [2.24, 2.45) is 0 Å². The molecule has 0 radical (unpaired) electrons. The second-order valence-corrected chi connectivity index (χ2v) is 7.37. The third-order valence-corrected chi connectivity index (χ3v) is 5.88. The van der Waals surface area contributed by atoms with Crippen LogP contribution in [0, 0.1) is 0 Å². The van der Waals surface area contributed by atoms with Crippen LogP contribution in [0.5, 0.6) is 5.75 Å². The molecule has 1 heterocycles. The van der Waals surface area contributed by atoms with Gasteiger partial charge in [0.2, 0.25) is 5.76 Å². The van der Waals surface area contributed by atoms with Crippen LogP contribution < -0.4 is 10.1 Å². The Morgan fingerprint density at radius 1 is 0.957 bits per heavy atom. The first-order valence-corrected chi connectivity index (χ1v) is 9.35. The van der Waals surface area contributed by atoms with E-state index in [2.05, 4.69) is 5.32 Å². The van der Waals surface area contributed by atoms with Crippen molar-refractivity contribution in [3.63, 3.8) is 0 Å². The van der Waals surface area contributed by atoms with Gasteiger partial charge in [0.15, 0.2) is 0 Å². The van der Waals surface area contributed by atoms with Gasteiger partial charge < -0.3 is 10.1 Å². The molecule has 1 amide bonds. The van der Waals surface area contributed by atoms with Crippen LogP contribution in [0.1, 0.15) is 5.56 Å². The molecule has 1 N–H and O–H groups in total. The molecule has 1 fully saturated rings. The lowest BCUT2D eigenvalue weighted by Crippen LogP contribution is -2.27. The summed E-state index contributed by atoms with van der Waals surface area (Å²) in [6, 6.07) is 19.3. The molecule has 1 saturated heterocycles. The van der Waals surface area contributed by atoms with Crippen molar-refractivity contribution in [3.8, 4) is 5.75 Å². The highest BCUT2D eigenvalue weighted by molar-refractivity contribution is 8.25. The number of hydrogen-bond acceptors (Lipinski definition) is 4. The number of nitrogens with one attached hydrogen (secondary N) is 1. The lowest BCUT2D eigenvalue weighted by molar-refractivity contribution is -0.119. The standard InChI is InChI=1S/C18H17NO2S2/c20-17(19-13-14-7-3-1-4-8-14)16(18-22-11-12-23-18)21-15-9-5-2-6-10-15/h1-10H,11-13H2,(H,19,20). The fourth-order valence-corrected chi connectivity index (χ4v) is 4.49. The summed E-state index contributed by atoms with van der Waals surface area (Å²) >= 11 is 3.35. The number of rotatable bonds is 5. The molecule has 3 rings (SSSR count). The Morgan fingerprint density at radius 2 is 1.57 bits per heavy atom. The number of ether oxygens (including phenoxy) is 1. The van der Waals surface area contributed by atoms with Crippen LogP contribution in [-0.4, -0.2) is 17.4 Å². The number of hydrogen-bond donors (Lipinski definition) is 1. The summed E-state index contributed by atoms with van der Waals surface area (Å²) in [5, 5.41) is 2.95. The molecule has 0 aromatic heterocycles. The molecular formula is C18H17NO2S2. The van der Waals surface area contributed by atoms with Gasteiger partial charge in [0.25, 0.3) is 5.91 Å². The SMILES string of the molecule is O=C(NCc1ccccc1)C(Oc1ccccc1)=C1SCCS1. The zero-order valence-electron chi connectivity index (χ0n) is 12.5. The number of benzene rings is 2. The zero-order valence-corrected chi connectivity index (χ0v) is 14.2. The third kappa shape index (κ3) is 4.56. The van der Waals surface area contributed by atoms with Crippen LogP contribution in [0.3, 0.4) is 0 Å². The van der Waals surface area contributed by atoms with E-state index in [1.165, 1.54) is 0 Å². The van der Waals surface area contributed by atoms with Crippen LogP contribution >= 0.6 is 23.5 Å². The lowest BCUT2D eigenvalue weighted by Gasteiger charge is -2.12. The van der Waals surface area contributed by atoms with Gasteiger partial charge in [-0.2, -0.15) is 0 Å². The molecule has 0 saturated carbocycles. The second-order valence-electron chi connectivity index (χ2n) is 4.90. The fraction of sp³-hybridized carbons (Fsp3) is 0.167. The van der Waals surface area contributed by atoms with Crippen molar-refractivity contribution in [1.82, 2.24) is 5.32 Å². The van der Waals surface area contributed by atoms with Crippen molar-refractivity contribution in [2.75, 3.05) is 11.5 Å². The minimum atomic E-state index is -0.172. The molecule has 2 aromatic rings. The molecule has 0 bridgehead atoms. The summed E-state index contributed by atoms with van der Waals surface area (Å²) in [6.45, 7) is 0.490. The lowest BCUT2D eigenvalue weighted by atomic mass is 10.2. The molecule has 3 nitrogen and oxygen atoms in total. The maximum absolute atomic E-state index is 12.6. The van der Waals surface area contributed by atoms with Crippen LogP contribution in [0.15, 0.2) is 70.7 Å². The van der Waals surface area contributed by atoms with Crippen molar-refractivity contribution in [1.29, 1.82) is 0 Å². The van der Waals surface area contributed by atoms with Crippen molar-refractivity contribution >= 4 is 29.4 Å². The minimum Gasteiger partial charge on any atom is -0.450 e. The van der Waals surface area contributed by atoms with Gasteiger partial charge in [-0.25, -0.2) is 0 Å². The van der Waals surface area contributed by atoms with Crippen LogP contribution in [0.4, 0.5) is 0 Å². The quantitative estimate of drug-likeness (QED) is 0.657. The maximum Gasteiger partial charge on any atom is 0.289 e. The van der Waals surface area contributed by atoms with E-state index in [-0.39, 0.29) is 5.91 Å². The highest BCUT2D eigenvalue weighted by Crippen LogP contribution is 2.39. The average Bonchev–Trinajstić information content (AvgIpc) is 3.14. The van der Waals surface area contributed by atoms with Gasteiger partial charge in [-0.1, -0.05) is 48.5 Å². The van der Waals surface area contributed by atoms with Gasteiger partial charge in [-0.3, -0.25) is 4.79 Å². The zero-order chi connectivity index (χ0) is 15.9. The summed E-state index contributed by atoms with van der Waals surface area (Å²) in [6.07, 6.45) is 0. The molecule has 0 atom stereocenters. The molecular weight excluding hydrogens is 326 g/mol. The van der Waals surface area contributed by atoms with E-state index >= 15 is 0 Å². The van der Waals surface area contributed by atoms with Crippen LogP contribution in [0.25, 0.3) is 0 Å². The summed E-state index contributed by atoms with van der Waals surface area (Å²) in [4.78, 5) is 12.6. The molecule has 1 aliphatic heterocycles.